The number of ether oxygens (including phenoxy) is 1. The maximum atomic E-state index is 12.3. The Kier molecular flexibility index (Phi) is 7.48. The van der Waals surface area contributed by atoms with Gasteiger partial charge in [0.2, 0.25) is 5.91 Å². The number of aromatic nitrogens is 2. The zero-order chi connectivity index (χ0) is 24.1. The van der Waals surface area contributed by atoms with Gasteiger partial charge in [0.25, 0.3) is 0 Å². The van der Waals surface area contributed by atoms with Gasteiger partial charge in [0.1, 0.15) is 5.82 Å². The number of hydrogen-bond acceptors (Lipinski definition) is 8. The van der Waals surface area contributed by atoms with E-state index >= 15 is 0 Å². The van der Waals surface area contributed by atoms with Gasteiger partial charge in [-0.25, -0.2) is 0 Å². The molecule has 1 amide bonds. The van der Waals surface area contributed by atoms with Gasteiger partial charge in [-0.3, -0.25) is 4.79 Å². The Hall–Kier alpha value is -3.38. The molecule has 0 bridgehead atoms. The van der Waals surface area contributed by atoms with Crippen LogP contribution in [0.3, 0.4) is 0 Å². The van der Waals surface area contributed by atoms with Gasteiger partial charge in [-0.1, -0.05) is 18.7 Å². The van der Waals surface area contributed by atoms with Crippen molar-refractivity contribution < 1.29 is 14.6 Å². The Bertz CT molecular complexity index is 1040. The predicted octanol–water partition coefficient (Wildman–Crippen LogP) is 1.95. The number of piperazine rings is 1. The van der Waals surface area contributed by atoms with E-state index in [1.807, 2.05) is 0 Å². The molecule has 0 saturated carbocycles. The average molecular weight is 465 g/mol. The molecule has 1 aliphatic carbocycles. The first kappa shape index (κ1) is 23.8. The highest BCUT2D eigenvalue weighted by molar-refractivity contribution is 5.87. The first-order chi connectivity index (χ1) is 16.6. The number of aliphatic hydroxyl groups excluding tert-OH is 1. The molecule has 2 aliphatic heterocycles. The molecule has 0 radical (unpaired) electrons. The minimum atomic E-state index is -0.229. The zero-order valence-corrected chi connectivity index (χ0v) is 19.7. The van der Waals surface area contributed by atoms with Gasteiger partial charge in [0.15, 0.2) is 0 Å². The van der Waals surface area contributed by atoms with Crippen LogP contribution in [0.15, 0.2) is 36.1 Å². The summed E-state index contributed by atoms with van der Waals surface area (Å²) >= 11 is 0. The van der Waals surface area contributed by atoms with Crippen molar-refractivity contribution in [2.45, 2.75) is 44.7 Å². The monoisotopic (exact) mass is 464 g/mol. The Morgan fingerprint density at radius 2 is 2.12 bits per heavy atom. The van der Waals surface area contributed by atoms with Crippen molar-refractivity contribution >= 4 is 11.7 Å². The quantitative estimate of drug-likeness (QED) is 0.637. The van der Waals surface area contributed by atoms with Gasteiger partial charge < -0.3 is 24.5 Å². The van der Waals surface area contributed by atoms with Crippen molar-refractivity contribution in [3.8, 4) is 12.1 Å². The summed E-state index contributed by atoms with van der Waals surface area (Å²) in [5.41, 5.74) is 4.07. The number of nitriles is 1. The second-order valence-electron chi connectivity index (χ2n) is 8.74. The van der Waals surface area contributed by atoms with Crippen LogP contribution in [0.1, 0.15) is 36.9 Å². The number of hydrogen-bond donors (Lipinski definition) is 1. The van der Waals surface area contributed by atoms with E-state index in [4.69, 9.17) is 14.7 Å². The third-order valence-corrected chi connectivity index (χ3v) is 6.73. The van der Waals surface area contributed by atoms with Crippen LogP contribution in [-0.2, 0) is 17.8 Å². The largest absolute Gasteiger partial charge is 0.467 e. The highest BCUT2D eigenvalue weighted by Gasteiger charge is 2.33. The number of amides is 1. The molecule has 9 nitrogen and oxygen atoms in total. The van der Waals surface area contributed by atoms with Gasteiger partial charge in [0, 0.05) is 37.4 Å². The Labute approximate surface area is 200 Å². The lowest BCUT2D eigenvalue weighted by Gasteiger charge is -2.41. The number of carbonyl (C=O) groups is 1. The molecule has 1 saturated heterocycles. The maximum absolute atomic E-state index is 12.3. The fourth-order valence-electron chi connectivity index (χ4n) is 5.07. The summed E-state index contributed by atoms with van der Waals surface area (Å²) in [6.07, 6.45) is 9.56. The third kappa shape index (κ3) is 4.77. The van der Waals surface area contributed by atoms with E-state index in [0.717, 1.165) is 60.6 Å². The van der Waals surface area contributed by atoms with Crippen molar-refractivity contribution in [3.63, 3.8) is 0 Å². The van der Waals surface area contributed by atoms with E-state index in [1.54, 1.807) is 12.0 Å². The van der Waals surface area contributed by atoms with Crippen LogP contribution in [0.4, 0.5) is 5.82 Å². The van der Waals surface area contributed by atoms with E-state index in [9.17, 15) is 15.2 Å². The summed E-state index contributed by atoms with van der Waals surface area (Å²) in [4.78, 5) is 27.9. The number of anilines is 1. The number of allylic oxidation sites excluding steroid dienone is 2. The Morgan fingerprint density at radius 3 is 2.85 bits per heavy atom. The van der Waals surface area contributed by atoms with E-state index in [-0.39, 0.29) is 25.0 Å². The van der Waals surface area contributed by atoms with Crippen LogP contribution in [0.5, 0.6) is 6.01 Å². The fourth-order valence-corrected chi connectivity index (χ4v) is 5.07. The minimum absolute atomic E-state index is 0.0293. The molecule has 3 heterocycles. The molecule has 0 unspecified atom stereocenters. The molecule has 1 fully saturated rings. The second kappa shape index (κ2) is 10.7. The first-order valence-electron chi connectivity index (χ1n) is 11.8. The van der Waals surface area contributed by atoms with Gasteiger partial charge in [-0.2, -0.15) is 15.2 Å². The van der Waals surface area contributed by atoms with Gasteiger partial charge in [0.05, 0.1) is 44.5 Å². The van der Waals surface area contributed by atoms with Crippen molar-refractivity contribution in [2.24, 2.45) is 0 Å². The van der Waals surface area contributed by atoms with Crippen LogP contribution >= 0.6 is 0 Å². The van der Waals surface area contributed by atoms with Crippen LogP contribution in [0, 0.1) is 11.3 Å². The summed E-state index contributed by atoms with van der Waals surface area (Å²) in [5, 5.41) is 19.2. The molecule has 3 aliphatic rings. The molecule has 0 aromatic carbocycles. The second-order valence-corrected chi connectivity index (χ2v) is 8.74. The molecular formula is C25H32N6O3. The van der Waals surface area contributed by atoms with Crippen molar-refractivity contribution in [1.29, 1.82) is 5.26 Å². The van der Waals surface area contributed by atoms with Gasteiger partial charge >= 0.3 is 6.01 Å². The summed E-state index contributed by atoms with van der Waals surface area (Å²) in [6, 6.07) is 2.30. The molecule has 1 aromatic rings. The summed E-state index contributed by atoms with van der Waals surface area (Å²) < 4.78 is 5.46. The molecule has 1 aromatic heterocycles. The van der Waals surface area contributed by atoms with Crippen molar-refractivity contribution in [1.82, 2.24) is 19.8 Å². The predicted molar refractivity (Wildman–Crippen MR) is 128 cm³/mol. The molecule has 1 N–H and O–H groups in total. The average Bonchev–Trinajstić information content (AvgIpc) is 3.10. The molecule has 0 spiro atoms. The zero-order valence-electron chi connectivity index (χ0n) is 19.7. The first-order valence-corrected chi connectivity index (χ1v) is 11.8. The number of rotatable bonds is 6. The van der Waals surface area contributed by atoms with E-state index in [0.29, 0.717) is 32.2 Å². The lowest BCUT2D eigenvalue weighted by molar-refractivity contribution is -0.128. The lowest BCUT2D eigenvalue weighted by Crippen LogP contribution is -2.55. The number of fused-ring (bicyclic) bond motifs is 1. The molecule has 180 valence electrons. The Morgan fingerprint density at radius 1 is 1.29 bits per heavy atom. The third-order valence-electron chi connectivity index (χ3n) is 6.73. The van der Waals surface area contributed by atoms with Gasteiger partial charge in [-0.15, -0.1) is 0 Å². The minimum Gasteiger partial charge on any atom is -0.467 e. The summed E-state index contributed by atoms with van der Waals surface area (Å²) in [5.74, 6) is 0.677. The molecule has 9 heteroatoms. The fraction of sp³-hybridized carbons (Fsp3) is 0.520. The summed E-state index contributed by atoms with van der Waals surface area (Å²) in [7, 11) is 1.56. The molecule has 34 heavy (non-hydrogen) atoms. The molecule has 1 atom stereocenters. The number of methoxy groups -OCH3 is 1. The van der Waals surface area contributed by atoms with Crippen LogP contribution < -0.4 is 9.64 Å². The maximum Gasteiger partial charge on any atom is 0.318 e. The molecular weight excluding hydrogens is 432 g/mol. The van der Waals surface area contributed by atoms with Crippen molar-refractivity contribution in [3.05, 3.63) is 47.3 Å². The normalized spacial score (nSPS) is 20.5. The SMILES string of the molecule is C=CC(=O)N1CCN(c2nc(OC)nc3c2CCCN(C2=CCCC=C2CO)C3)C[C@@H]1CC#N. The van der Waals surface area contributed by atoms with Crippen LogP contribution in [0.25, 0.3) is 0 Å². The van der Waals surface area contributed by atoms with Crippen LogP contribution in [-0.4, -0.2) is 76.7 Å². The molecule has 4 rings (SSSR count). The number of nitrogens with zero attached hydrogens (tertiary/aromatic N) is 6. The smallest absolute Gasteiger partial charge is 0.318 e. The standard InChI is InChI=1S/C25H32N6O3/c1-3-23(33)31-14-13-30(15-19(31)10-11-26)24-20-8-6-12-29(16-21(20)27-25(28-24)34-2)22-9-5-4-7-18(22)17-32/h3,7,9,19,32H,1,4-6,8,10,12-17H2,2H3/t19-/m0/s1. The van der Waals surface area contributed by atoms with Gasteiger partial charge in [-0.05, 0) is 37.3 Å². The summed E-state index contributed by atoms with van der Waals surface area (Å²) in [6.45, 7) is 6.74. The lowest BCUT2D eigenvalue weighted by atomic mass is 10.0. The van der Waals surface area contributed by atoms with E-state index in [2.05, 4.69) is 34.6 Å². The van der Waals surface area contributed by atoms with E-state index in [1.165, 1.54) is 6.08 Å². The number of carbonyl (C=O) groups excluding carboxylic acids is 1. The number of aliphatic hydroxyl groups is 1. The highest BCUT2D eigenvalue weighted by atomic mass is 16.5. The highest BCUT2D eigenvalue weighted by Crippen LogP contribution is 2.33. The van der Waals surface area contributed by atoms with Crippen LogP contribution in [0.2, 0.25) is 0 Å². The van der Waals surface area contributed by atoms with Crippen molar-refractivity contribution in [2.75, 3.05) is 44.8 Å². The topological polar surface area (TPSA) is 106 Å². The van der Waals surface area contributed by atoms with E-state index < -0.39 is 0 Å². The Balaban J connectivity index is 1.65.